The number of carbonyl (C=O) groups is 1. The van der Waals surface area contributed by atoms with Gasteiger partial charge in [0.05, 0.1) is 7.11 Å². The van der Waals surface area contributed by atoms with Crippen LogP contribution in [0, 0.1) is 0 Å². The van der Waals surface area contributed by atoms with E-state index >= 15 is 0 Å². The lowest BCUT2D eigenvalue weighted by Crippen LogP contribution is -2.33. The zero-order valence-corrected chi connectivity index (χ0v) is 10.9. The van der Waals surface area contributed by atoms with Gasteiger partial charge in [-0.2, -0.15) is 0 Å². The Morgan fingerprint density at radius 3 is 2.78 bits per heavy atom. The second-order valence-corrected chi connectivity index (χ2v) is 3.93. The molecule has 0 heterocycles. The van der Waals surface area contributed by atoms with E-state index in [1.54, 1.807) is 31.2 Å². The fourth-order valence-electron chi connectivity index (χ4n) is 1.40. The lowest BCUT2D eigenvalue weighted by atomic mass is 10.3. The first-order valence-corrected chi connectivity index (χ1v) is 5.88. The molecule has 0 saturated carbocycles. The number of ether oxygens (including phenoxy) is 2. The van der Waals surface area contributed by atoms with Crippen LogP contribution in [0.5, 0.6) is 11.5 Å². The first kappa shape index (κ1) is 14.3. The zero-order valence-electron chi connectivity index (χ0n) is 10.9. The number of nitrogens with two attached hydrogens (primary N) is 1. The molecule has 100 valence electrons. The van der Waals surface area contributed by atoms with Crippen LogP contribution in [0.15, 0.2) is 24.3 Å². The maximum atomic E-state index is 11.7. The normalized spacial score (nSPS) is 9.94. The highest BCUT2D eigenvalue weighted by Crippen LogP contribution is 2.18. The van der Waals surface area contributed by atoms with Gasteiger partial charge in [0.2, 0.25) is 0 Å². The van der Waals surface area contributed by atoms with Crippen molar-refractivity contribution in [2.24, 2.45) is 5.73 Å². The SMILES string of the molecule is COc1cccc(OCC(=O)N(C)CCCN)c1. The quantitative estimate of drug-likeness (QED) is 0.782. The molecule has 0 aliphatic carbocycles. The number of nitrogens with zero attached hydrogens (tertiary/aromatic N) is 1. The number of hydrogen-bond acceptors (Lipinski definition) is 4. The van der Waals surface area contributed by atoms with Crippen LogP contribution in [0.2, 0.25) is 0 Å². The van der Waals surface area contributed by atoms with E-state index in [2.05, 4.69) is 0 Å². The average molecular weight is 252 g/mol. The van der Waals surface area contributed by atoms with E-state index in [9.17, 15) is 4.79 Å². The van der Waals surface area contributed by atoms with Crippen molar-refractivity contribution < 1.29 is 14.3 Å². The molecule has 0 spiro atoms. The van der Waals surface area contributed by atoms with Gasteiger partial charge in [-0.15, -0.1) is 0 Å². The third-order valence-electron chi connectivity index (χ3n) is 2.53. The first-order valence-electron chi connectivity index (χ1n) is 5.88. The summed E-state index contributed by atoms with van der Waals surface area (Å²) in [5, 5.41) is 0. The molecule has 0 aromatic heterocycles. The van der Waals surface area contributed by atoms with Gasteiger partial charge in [-0.25, -0.2) is 0 Å². The van der Waals surface area contributed by atoms with Crippen LogP contribution in [0.4, 0.5) is 0 Å². The average Bonchev–Trinajstić information content (AvgIpc) is 2.42. The molecule has 0 unspecified atom stereocenters. The van der Waals surface area contributed by atoms with Gasteiger partial charge in [0.25, 0.3) is 5.91 Å². The summed E-state index contributed by atoms with van der Waals surface area (Å²) >= 11 is 0. The monoisotopic (exact) mass is 252 g/mol. The molecule has 1 aromatic carbocycles. The van der Waals surface area contributed by atoms with Crippen LogP contribution in [-0.2, 0) is 4.79 Å². The van der Waals surface area contributed by atoms with Crippen LogP contribution in [-0.4, -0.2) is 44.7 Å². The Kier molecular flexibility index (Phi) is 6.00. The highest BCUT2D eigenvalue weighted by atomic mass is 16.5. The molecule has 5 heteroatoms. The number of likely N-dealkylation sites (N-methyl/N-ethyl adjacent to an activating group) is 1. The lowest BCUT2D eigenvalue weighted by Gasteiger charge is -2.17. The molecule has 0 bridgehead atoms. The smallest absolute Gasteiger partial charge is 0.260 e. The van der Waals surface area contributed by atoms with Gasteiger partial charge >= 0.3 is 0 Å². The van der Waals surface area contributed by atoms with E-state index in [-0.39, 0.29) is 12.5 Å². The Morgan fingerprint density at radius 2 is 2.11 bits per heavy atom. The number of methoxy groups -OCH3 is 1. The van der Waals surface area contributed by atoms with E-state index in [1.165, 1.54) is 0 Å². The minimum atomic E-state index is -0.0636. The van der Waals surface area contributed by atoms with Gasteiger partial charge < -0.3 is 20.1 Å². The predicted molar refractivity (Wildman–Crippen MR) is 69.8 cm³/mol. The Balaban J connectivity index is 2.41. The summed E-state index contributed by atoms with van der Waals surface area (Å²) in [4.78, 5) is 13.3. The minimum Gasteiger partial charge on any atom is -0.497 e. The van der Waals surface area contributed by atoms with E-state index in [1.807, 2.05) is 12.1 Å². The summed E-state index contributed by atoms with van der Waals surface area (Å²) < 4.78 is 10.5. The molecule has 0 atom stereocenters. The molecule has 1 rings (SSSR count). The number of rotatable bonds is 7. The Bertz CT molecular complexity index is 382. The predicted octanol–water partition coefficient (Wildman–Crippen LogP) is 0.881. The van der Waals surface area contributed by atoms with Crippen molar-refractivity contribution in [1.82, 2.24) is 4.90 Å². The number of amides is 1. The van der Waals surface area contributed by atoms with Crippen LogP contribution in [0.25, 0.3) is 0 Å². The molecule has 18 heavy (non-hydrogen) atoms. The molecular weight excluding hydrogens is 232 g/mol. The van der Waals surface area contributed by atoms with Crippen LogP contribution >= 0.6 is 0 Å². The second-order valence-electron chi connectivity index (χ2n) is 3.93. The van der Waals surface area contributed by atoms with Crippen molar-refractivity contribution in [3.8, 4) is 11.5 Å². The summed E-state index contributed by atoms with van der Waals surface area (Å²) in [5.41, 5.74) is 5.39. The summed E-state index contributed by atoms with van der Waals surface area (Å²) in [5.74, 6) is 1.26. The summed E-state index contributed by atoms with van der Waals surface area (Å²) in [6, 6.07) is 7.17. The highest BCUT2D eigenvalue weighted by molar-refractivity contribution is 5.77. The molecule has 0 aliphatic heterocycles. The zero-order chi connectivity index (χ0) is 13.4. The molecule has 5 nitrogen and oxygen atoms in total. The molecule has 2 N–H and O–H groups in total. The van der Waals surface area contributed by atoms with Gasteiger partial charge in [0, 0.05) is 19.7 Å². The van der Waals surface area contributed by atoms with Crippen molar-refractivity contribution in [3.05, 3.63) is 24.3 Å². The van der Waals surface area contributed by atoms with Gasteiger partial charge in [-0.3, -0.25) is 4.79 Å². The lowest BCUT2D eigenvalue weighted by molar-refractivity contribution is -0.132. The van der Waals surface area contributed by atoms with Crippen LogP contribution in [0.1, 0.15) is 6.42 Å². The Morgan fingerprint density at radius 1 is 1.39 bits per heavy atom. The van der Waals surface area contributed by atoms with E-state index in [4.69, 9.17) is 15.2 Å². The van der Waals surface area contributed by atoms with Crippen LogP contribution in [0.3, 0.4) is 0 Å². The highest BCUT2D eigenvalue weighted by Gasteiger charge is 2.09. The number of hydrogen-bond donors (Lipinski definition) is 1. The van der Waals surface area contributed by atoms with Gasteiger partial charge in [-0.05, 0) is 25.1 Å². The van der Waals surface area contributed by atoms with Crippen LogP contribution < -0.4 is 15.2 Å². The van der Waals surface area contributed by atoms with Gasteiger partial charge in [0.15, 0.2) is 6.61 Å². The Labute approximate surface area is 107 Å². The fraction of sp³-hybridized carbons (Fsp3) is 0.462. The number of carbonyl (C=O) groups excluding carboxylic acids is 1. The van der Waals surface area contributed by atoms with Crippen molar-refractivity contribution >= 4 is 5.91 Å². The first-order chi connectivity index (χ1) is 8.67. The standard InChI is InChI=1S/C13H20N2O3/c1-15(8-4-7-14)13(16)10-18-12-6-3-5-11(9-12)17-2/h3,5-6,9H,4,7-8,10,14H2,1-2H3. The van der Waals surface area contributed by atoms with E-state index in [0.717, 1.165) is 6.42 Å². The topological polar surface area (TPSA) is 64.8 Å². The fourth-order valence-corrected chi connectivity index (χ4v) is 1.40. The molecule has 1 aromatic rings. The third kappa shape index (κ3) is 4.63. The largest absolute Gasteiger partial charge is 0.497 e. The van der Waals surface area contributed by atoms with Crippen molar-refractivity contribution in [2.75, 3.05) is 33.9 Å². The number of benzene rings is 1. The molecule has 0 aliphatic rings. The molecule has 1 amide bonds. The minimum absolute atomic E-state index is 0.0221. The maximum absolute atomic E-state index is 11.7. The molecule has 0 fully saturated rings. The van der Waals surface area contributed by atoms with Gasteiger partial charge in [0.1, 0.15) is 11.5 Å². The summed E-state index contributed by atoms with van der Waals surface area (Å²) in [7, 11) is 3.33. The van der Waals surface area contributed by atoms with Crippen molar-refractivity contribution in [3.63, 3.8) is 0 Å². The maximum Gasteiger partial charge on any atom is 0.260 e. The van der Waals surface area contributed by atoms with E-state index < -0.39 is 0 Å². The molecule has 0 radical (unpaired) electrons. The summed E-state index contributed by atoms with van der Waals surface area (Å²) in [6.07, 6.45) is 0.793. The molecule has 0 saturated heterocycles. The summed E-state index contributed by atoms with van der Waals surface area (Å²) in [6.45, 7) is 1.25. The van der Waals surface area contributed by atoms with E-state index in [0.29, 0.717) is 24.6 Å². The van der Waals surface area contributed by atoms with Crippen molar-refractivity contribution in [2.45, 2.75) is 6.42 Å². The third-order valence-corrected chi connectivity index (χ3v) is 2.53. The van der Waals surface area contributed by atoms with Crippen molar-refractivity contribution in [1.29, 1.82) is 0 Å². The second kappa shape index (κ2) is 7.55. The van der Waals surface area contributed by atoms with Gasteiger partial charge in [-0.1, -0.05) is 6.07 Å². The molecular formula is C13H20N2O3. The Hall–Kier alpha value is -1.75.